The monoisotopic (exact) mass is 188 g/mol. The van der Waals surface area contributed by atoms with Crippen LogP contribution in [0.1, 0.15) is 26.2 Å². The van der Waals surface area contributed by atoms with Crippen molar-refractivity contribution in [1.82, 2.24) is 5.32 Å². The van der Waals surface area contributed by atoms with Crippen molar-refractivity contribution in [3.63, 3.8) is 0 Å². The fourth-order valence-corrected chi connectivity index (χ4v) is 0.971. The molecule has 0 aliphatic rings. The first-order valence-corrected chi connectivity index (χ1v) is 4.59. The Labute approximate surface area is 79.0 Å². The van der Waals surface area contributed by atoms with E-state index >= 15 is 0 Å². The molecule has 0 radical (unpaired) electrons. The first-order valence-electron chi connectivity index (χ1n) is 4.59. The lowest BCUT2D eigenvalue weighted by atomic mass is 10.1. The summed E-state index contributed by atoms with van der Waals surface area (Å²) in [5.74, 6) is -0.188. The van der Waals surface area contributed by atoms with Gasteiger partial charge in [0.1, 0.15) is 0 Å². The zero-order chi connectivity index (χ0) is 10.3. The van der Waals surface area contributed by atoms with E-state index in [0.29, 0.717) is 13.0 Å². The molecule has 1 amide bonds. The van der Waals surface area contributed by atoms with E-state index in [4.69, 9.17) is 17.2 Å². The number of nitrogens with two attached hydrogens (primary N) is 3. The van der Waals surface area contributed by atoms with Crippen LogP contribution in [-0.2, 0) is 4.79 Å². The molecule has 5 heteroatoms. The fourth-order valence-electron chi connectivity index (χ4n) is 0.971. The molecule has 0 saturated carbocycles. The molecular formula is C8H20N4O. The Hall–Kier alpha value is -0.650. The summed E-state index contributed by atoms with van der Waals surface area (Å²) < 4.78 is 0. The molecule has 0 spiro atoms. The molecule has 0 aliphatic carbocycles. The SMILES string of the molecule is CC(N)NC(=O)[C@@H](N)CCCCN. The quantitative estimate of drug-likeness (QED) is 0.312. The van der Waals surface area contributed by atoms with E-state index in [2.05, 4.69) is 5.32 Å². The predicted octanol–water partition coefficient (Wildman–Crippen LogP) is -1.14. The number of amides is 1. The molecule has 0 bridgehead atoms. The van der Waals surface area contributed by atoms with Gasteiger partial charge in [-0.25, -0.2) is 0 Å². The van der Waals surface area contributed by atoms with Crippen molar-refractivity contribution >= 4 is 5.91 Å². The van der Waals surface area contributed by atoms with E-state index in [1.54, 1.807) is 6.92 Å². The molecule has 78 valence electrons. The number of rotatable bonds is 6. The Kier molecular flexibility index (Phi) is 6.48. The average Bonchev–Trinajstić information content (AvgIpc) is 2.03. The number of unbranched alkanes of at least 4 members (excludes halogenated alkanes) is 1. The van der Waals surface area contributed by atoms with E-state index in [-0.39, 0.29) is 12.1 Å². The van der Waals surface area contributed by atoms with Gasteiger partial charge < -0.3 is 22.5 Å². The Morgan fingerprint density at radius 2 is 2.00 bits per heavy atom. The summed E-state index contributed by atoms with van der Waals surface area (Å²) in [7, 11) is 0. The Balaban J connectivity index is 3.57. The van der Waals surface area contributed by atoms with Gasteiger partial charge in [0.05, 0.1) is 12.2 Å². The van der Waals surface area contributed by atoms with Gasteiger partial charge in [0.25, 0.3) is 0 Å². The van der Waals surface area contributed by atoms with Crippen molar-refractivity contribution in [2.24, 2.45) is 17.2 Å². The third-order valence-electron chi connectivity index (χ3n) is 1.68. The Morgan fingerprint density at radius 1 is 1.38 bits per heavy atom. The lowest BCUT2D eigenvalue weighted by Crippen LogP contribution is -2.47. The van der Waals surface area contributed by atoms with Crippen LogP contribution in [0.3, 0.4) is 0 Å². The highest BCUT2D eigenvalue weighted by Gasteiger charge is 2.12. The largest absolute Gasteiger partial charge is 0.340 e. The normalized spacial score (nSPS) is 15.1. The minimum absolute atomic E-state index is 0.188. The minimum Gasteiger partial charge on any atom is -0.340 e. The number of hydrogen-bond donors (Lipinski definition) is 4. The maximum absolute atomic E-state index is 11.2. The lowest BCUT2D eigenvalue weighted by molar-refractivity contribution is -0.123. The van der Waals surface area contributed by atoms with Gasteiger partial charge in [0.15, 0.2) is 0 Å². The van der Waals surface area contributed by atoms with Crippen LogP contribution in [0.2, 0.25) is 0 Å². The molecule has 0 aromatic rings. The molecule has 13 heavy (non-hydrogen) atoms. The van der Waals surface area contributed by atoms with Gasteiger partial charge in [0, 0.05) is 0 Å². The second-order valence-electron chi connectivity index (χ2n) is 3.19. The van der Waals surface area contributed by atoms with E-state index in [9.17, 15) is 4.79 Å². The van der Waals surface area contributed by atoms with Crippen LogP contribution in [0.15, 0.2) is 0 Å². The van der Waals surface area contributed by atoms with Crippen LogP contribution >= 0.6 is 0 Å². The summed E-state index contributed by atoms with van der Waals surface area (Å²) in [4.78, 5) is 11.2. The zero-order valence-electron chi connectivity index (χ0n) is 8.12. The van der Waals surface area contributed by atoms with Gasteiger partial charge in [-0.05, 0) is 26.3 Å². The lowest BCUT2D eigenvalue weighted by Gasteiger charge is -2.13. The van der Waals surface area contributed by atoms with Crippen LogP contribution < -0.4 is 22.5 Å². The summed E-state index contributed by atoms with van der Waals surface area (Å²) in [6, 6.07) is -0.461. The van der Waals surface area contributed by atoms with Gasteiger partial charge in [-0.3, -0.25) is 4.79 Å². The number of hydrogen-bond acceptors (Lipinski definition) is 4. The van der Waals surface area contributed by atoms with Gasteiger partial charge in [0.2, 0.25) is 5.91 Å². The van der Waals surface area contributed by atoms with E-state index in [1.807, 2.05) is 0 Å². The van der Waals surface area contributed by atoms with Crippen molar-refractivity contribution in [3.05, 3.63) is 0 Å². The number of carbonyl (C=O) groups excluding carboxylic acids is 1. The molecular weight excluding hydrogens is 168 g/mol. The number of nitrogens with one attached hydrogen (secondary N) is 1. The molecule has 0 rings (SSSR count). The van der Waals surface area contributed by atoms with E-state index < -0.39 is 6.04 Å². The minimum atomic E-state index is -0.461. The van der Waals surface area contributed by atoms with Crippen molar-refractivity contribution < 1.29 is 4.79 Å². The molecule has 0 aliphatic heterocycles. The van der Waals surface area contributed by atoms with E-state index in [0.717, 1.165) is 12.8 Å². The second kappa shape index (κ2) is 6.82. The topological polar surface area (TPSA) is 107 Å². The van der Waals surface area contributed by atoms with Crippen molar-refractivity contribution in [3.8, 4) is 0 Å². The van der Waals surface area contributed by atoms with Gasteiger partial charge in [-0.2, -0.15) is 0 Å². The smallest absolute Gasteiger partial charge is 0.238 e. The van der Waals surface area contributed by atoms with Crippen LogP contribution in [0.25, 0.3) is 0 Å². The van der Waals surface area contributed by atoms with Gasteiger partial charge in [-0.1, -0.05) is 6.42 Å². The molecule has 0 aromatic carbocycles. The zero-order valence-corrected chi connectivity index (χ0v) is 8.12. The molecule has 0 fully saturated rings. The standard InChI is InChI=1S/C8H20N4O/c1-6(10)12-8(13)7(11)4-2-3-5-9/h6-7H,2-5,9-11H2,1H3,(H,12,13)/t6?,7-/m0/s1. The number of carbonyl (C=O) groups is 1. The summed E-state index contributed by atoms with van der Waals surface area (Å²) in [5, 5.41) is 2.55. The van der Waals surface area contributed by atoms with Gasteiger partial charge >= 0.3 is 0 Å². The average molecular weight is 188 g/mol. The van der Waals surface area contributed by atoms with Crippen LogP contribution in [0.5, 0.6) is 0 Å². The highest BCUT2D eigenvalue weighted by Crippen LogP contribution is 1.97. The summed E-state index contributed by atoms with van der Waals surface area (Å²) in [6.07, 6.45) is 2.10. The van der Waals surface area contributed by atoms with Crippen molar-refractivity contribution in [2.45, 2.75) is 38.4 Å². The first kappa shape index (κ1) is 12.3. The predicted molar refractivity (Wildman–Crippen MR) is 52.7 cm³/mol. The highest BCUT2D eigenvalue weighted by atomic mass is 16.2. The molecule has 5 nitrogen and oxygen atoms in total. The third-order valence-corrected chi connectivity index (χ3v) is 1.68. The third kappa shape index (κ3) is 6.51. The second-order valence-corrected chi connectivity index (χ2v) is 3.19. The summed E-state index contributed by atoms with van der Waals surface area (Å²) >= 11 is 0. The van der Waals surface area contributed by atoms with E-state index in [1.165, 1.54) is 0 Å². The van der Waals surface area contributed by atoms with Gasteiger partial charge in [-0.15, -0.1) is 0 Å². The molecule has 7 N–H and O–H groups in total. The van der Waals surface area contributed by atoms with Crippen LogP contribution in [-0.4, -0.2) is 24.7 Å². The molecule has 1 unspecified atom stereocenters. The maximum atomic E-state index is 11.2. The van der Waals surface area contributed by atoms with Crippen LogP contribution in [0, 0.1) is 0 Å². The molecule has 0 heterocycles. The van der Waals surface area contributed by atoms with Crippen molar-refractivity contribution in [1.29, 1.82) is 0 Å². The molecule has 0 aromatic heterocycles. The van der Waals surface area contributed by atoms with Crippen LogP contribution in [0.4, 0.5) is 0 Å². The first-order chi connectivity index (χ1) is 6.07. The Bertz CT molecular complexity index is 149. The summed E-state index contributed by atoms with van der Waals surface area (Å²) in [5.41, 5.74) is 16.3. The van der Waals surface area contributed by atoms with Crippen molar-refractivity contribution in [2.75, 3.05) is 6.54 Å². The Morgan fingerprint density at radius 3 is 2.46 bits per heavy atom. The maximum Gasteiger partial charge on any atom is 0.238 e. The summed E-state index contributed by atoms with van der Waals surface area (Å²) in [6.45, 7) is 2.34. The molecule has 0 saturated heterocycles. The molecule has 2 atom stereocenters. The highest BCUT2D eigenvalue weighted by molar-refractivity contribution is 5.81. The fraction of sp³-hybridized carbons (Fsp3) is 0.875.